The molecule has 0 bridgehead atoms. The van der Waals surface area contributed by atoms with Gasteiger partial charge in [0.25, 0.3) is 10.0 Å². The normalized spacial score (nSPS) is 11.1. The average molecular weight is 435 g/mol. The summed E-state index contributed by atoms with van der Waals surface area (Å²) in [6.45, 7) is 3.47. The van der Waals surface area contributed by atoms with Crippen molar-refractivity contribution in [2.45, 2.75) is 4.90 Å². The fourth-order valence-corrected chi connectivity index (χ4v) is 4.64. The van der Waals surface area contributed by atoms with E-state index in [1.807, 2.05) is 0 Å². The quantitative estimate of drug-likeness (QED) is 0.483. The van der Waals surface area contributed by atoms with Gasteiger partial charge in [-0.2, -0.15) is 0 Å². The van der Waals surface area contributed by atoms with Crippen LogP contribution < -0.4 is 4.31 Å². The van der Waals surface area contributed by atoms with Crippen molar-refractivity contribution in [1.82, 2.24) is 0 Å². The SMILES string of the molecule is C=CCN(c1cc(C(=O)OC)ccc1Cl)S(=O)(=O)c1cc(Cl)ccc1Cl. The molecule has 138 valence electrons. The second kappa shape index (κ2) is 8.31. The fraction of sp³-hybridized carbons (Fsp3) is 0.118. The molecule has 2 aromatic carbocycles. The summed E-state index contributed by atoms with van der Waals surface area (Å²) in [6.07, 6.45) is 1.39. The monoisotopic (exact) mass is 433 g/mol. The van der Waals surface area contributed by atoms with E-state index < -0.39 is 16.0 Å². The van der Waals surface area contributed by atoms with E-state index in [9.17, 15) is 13.2 Å². The standard InChI is InChI=1S/C17H14Cl3NO4S/c1-3-8-21(15-9-11(17(22)25-2)4-6-13(15)19)26(23,24)16-10-12(18)5-7-14(16)20/h3-7,9-10H,1,8H2,2H3. The minimum absolute atomic E-state index is 0.00343. The van der Waals surface area contributed by atoms with Gasteiger partial charge < -0.3 is 4.74 Å². The summed E-state index contributed by atoms with van der Waals surface area (Å²) < 4.78 is 32.0. The zero-order valence-electron chi connectivity index (χ0n) is 13.6. The van der Waals surface area contributed by atoms with Gasteiger partial charge in [0.2, 0.25) is 0 Å². The van der Waals surface area contributed by atoms with Crippen molar-refractivity contribution in [1.29, 1.82) is 0 Å². The highest BCUT2D eigenvalue weighted by atomic mass is 35.5. The van der Waals surface area contributed by atoms with Gasteiger partial charge in [0.05, 0.1) is 35.0 Å². The Balaban J connectivity index is 2.67. The minimum Gasteiger partial charge on any atom is -0.465 e. The Hall–Kier alpha value is -1.73. The number of hydrogen-bond donors (Lipinski definition) is 0. The molecule has 0 N–H and O–H groups in total. The van der Waals surface area contributed by atoms with Gasteiger partial charge in [-0.15, -0.1) is 6.58 Å². The topological polar surface area (TPSA) is 63.7 Å². The predicted octanol–water partition coefficient (Wildman–Crippen LogP) is 4.81. The van der Waals surface area contributed by atoms with Gasteiger partial charge in [-0.25, -0.2) is 13.2 Å². The van der Waals surface area contributed by atoms with E-state index in [1.54, 1.807) is 0 Å². The van der Waals surface area contributed by atoms with Gasteiger partial charge in [-0.3, -0.25) is 4.31 Å². The number of hydrogen-bond acceptors (Lipinski definition) is 4. The molecule has 0 amide bonds. The number of halogens is 3. The van der Waals surface area contributed by atoms with Crippen LogP contribution in [-0.4, -0.2) is 28.0 Å². The molecule has 0 saturated carbocycles. The first-order valence-electron chi connectivity index (χ1n) is 7.19. The van der Waals surface area contributed by atoms with Gasteiger partial charge in [-0.1, -0.05) is 40.9 Å². The third-order valence-electron chi connectivity index (χ3n) is 3.39. The van der Waals surface area contributed by atoms with E-state index >= 15 is 0 Å². The number of carbonyl (C=O) groups excluding carboxylic acids is 1. The van der Waals surface area contributed by atoms with Crippen molar-refractivity contribution in [3.63, 3.8) is 0 Å². The summed E-state index contributed by atoms with van der Waals surface area (Å²) in [5.41, 5.74) is 0.235. The van der Waals surface area contributed by atoms with Crippen LogP contribution in [0.15, 0.2) is 53.9 Å². The molecule has 0 atom stereocenters. The molecule has 0 aliphatic heterocycles. The molecule has 0 saturated heterocycles. The van der Waals surface area contributed by atoms with Gasteiger partial charge in [0.1, 0.15) is 4.90 Å². The molecule has 0 unspecified atom stereocenters. The highest BCUT2D eigenvalue weighted by Gasteiger charge is 2.29. The highest BCUT2D eigenvalue weighted by molar-refractivity contribution is 7.93. The van der Waals surface area contributed by atoms with E-state index in [0.717, 1.165) is 4.31 Å². The summed E-state index contributed by atoms with van der Waals surface area (Å²) in [6, 6.07) is 8.28. The van der Waals surface area contributed by atoms with Crippen LogP contribution in [0.1, 0.15) is 10.4 Å². The van der Waals surface area contributed by atoms with Crippen molar-refractivity contribution in [2.24, 2.45) is 0 Å². The molecular formula is C17H14Cl3NO4S. The lowest BCUT2D eigenvalue weighted by atomic mass is 10.2. The molecule has 0 heterocycles. The Morgan fingerprint density at radius 1 is 1.15 bits per heavy atom. The molecule has 0 radical (unpaired) electrons. The molecule has 5 nitrogen and oxygen atoms in total. The Labute approximate surface area is 166 Å². The number of nitrogens with zero attached hydrogens (tertiary/aromatic N) is 1. The summed E-state index contributed by atoms with van der Waals surface area (Å²) in [5, 5.41) is 0.339. The van der Waals surface area contributed by atoms with Crippen molar-refractivity contribution in [2.75, 3.05) is 18.0 Å². The molecule has 0 aromatic heterocycles. The minimum atomic E-state index is -4.13. The van der Waals surface area contributed by atoms with E-state index in [4.69, 9.17) is 34.8 Å². The molecular weight excluding hydrogens is 421 g/mol. The second-order valence-electron chi connectivity index (χ2n) is 5.06. The number of sulfonamides is 1. The lowest BCUT2D eigenvalue weighted by molar-refractivity contribution is 0.0600. The van der Waals surface area contributed by atoms with Crippen LogP contribution >= 0.6 is 34.8 Å². The fourth-order valence-electron chi connectivity index (χ4n) is 2.19. The molecule has 26 heavy (non-hydrogen) atoms. The summed E-state index contributed by atoms with van der Waals surface area (Å²) in [4.78, 5) is 11.6. The Bertz CT molecular complexity index is 960. The van der Waals surface area contributed by atoms with Gasteiger partial charge in [-0.05, 0) is 36.4 Å². The van der Waals surface area contributed by atoms with Crippen LogP contribution in [0, 0.1) is 0 Å². The zero-order chi connectivity index (χ0) is 19.5. The smallest absolute Gasteiger partial charge is 0.337 e. The van der Waals surface area contributed by atoms with Crippen molar-refractivity contribution >= 4 is 56.5 Å². The number of ether oxygens (including phenoxy) is 1. The molecule has 9 heteroatoms. The van der Waals surface area contributed by atoms with E-state index in [1.165, 1.54) is 49.6 Å². The number of methoxy groups -OCH3 is 1. The van der Waals surface area contributed by atoms with E-state index in [0.29, 0.717) is 0 Å². The van der Waals surface area contributed by atoms with Gasteiger partial charge in [0.15, 0.2) is 0 Å². The van der Waals surface area contributed by atoms with Crippen LogP contribution in [0.2, 0.25) is 15.1 Å². The number of anilines is 1. The molecule has 2 rings (SSSR count). The summed E-state index contributed by atoms with van der Waals surface area (Å²) in [7, 11) is -2.91. The van der Waals surface area contributed by atoms with E-state index in [2.05, 4.69) is 11.3 Å². The average Bonchev–Trinajstić information content (AvgIpc) is 2.61. The largest absolute Gasteiger partial charge is 0.465 e. The number of benzene rings is 2. The summed E-state index contributed by atoms with van der Waals surface area (Å²) in [5.74, 6) is -0.625. The number of carbonyl (C=O) groups is 1. The van der Waals surface area contributed by atoms with Crippen LogP contribution in [0.25, 0.3) is 0 Å². The highest BCUT2D eigenvalue weighted by Crippen LogP contribution is 2.34. The van der Waals surface area contributed by atoms with Crippen LogP contribution in [-0.2, 0) is 14.8 Å². The predicted molar refractivity (Wildman–Crippen MR) is 104 cm³/mol. The maximum atomic E-state index is 13.2. The number of rotatable bonds is 6. The van der Waals surface area contributed by atoms with Gasteiger partial charge in [0, 0.05) is 5.02 Å². The maximum Gasteiger partial charge on any atom is 0.337 e. The van der Waals surface area contributed by atoms with Gasteiger partial charge >= 0.3 is 5.97 Å². The molecule has 2 aromatic rings. The first-order chi connectivity index (χ1) is 12.2. The third-order valence-corrected chi connectivity index (χ3v) is 6.21. The van der Waals surface area contributed by atoms with Crippen molar-refractivity contribution < 1.29 is 17.9 Å². The maximum absolute atomic E-state index is 13.2. The van der Waals surface area contributed by atoms with Crippen molar-refractivity contribution in [3.8, 4) is 0 Å². The first-order valence-corrected chi connectivity index (χ1v) is 9.76. The molecule has 0 spiro atoms. The molecule has 0 aliphatic rings. The zero-order valence-corrected chi connectivity index (χ0v) is 16.7. The van der Waals surface area contributed by atoms with Crippen LogP contribution in [0.3, 0.4) is 0 Å². The molecule has 0 fully saturated rings. The Morgan fingerprint density at radius 3 is 2.42 bits per heavy atom. The first kappa shape index (κ1) is 20.6. The van der Waals surface area contributed by atoms with Crippen LogP contribution in [0.4, 0.5) is 5.69 Å². The van der Waals surface area contributed by atoms with E-state index in [-0.39, 0.29) is 37.8 Å². The molecule has 0 aliphatic carbocycles. The lowest BCUT2D eigenvalue weighted by Crippen LogP contribution is -2.32. The Morgan fingerprint density at radius 2 is 1.81 bits per heavy atom. The lowest BCUT2D eigenvalue weighted by Gasteiger charge is -2.25. The van der Waals surface area contributed by atoms with Crippen LogP contribution in [0.5, 0.6) is 0 Å². The van der Waals surface area contributed by atoms with Crippen molar-refractivity contribution in [3.05, 3.63) is 69.7 Å². The third kappa shape index (κ3) is 4.15. The Kier molecular flexibility index (Phi) is 6.58. The summed E-state index contributed by atoms with van der Waals surface area (Å²) >= 11 is 18.2. The number of esters is 1. The second-order valence-corrected chi connectivity index (χ2v) is 8.14.